The molecule has 1 saturated heterocycles. The highest BCUT2D eigenvalue weighted by molar-refractivity contribution is 6.30. The van der Waals surface area contributed by atoms with Gasteiger partial charge >= 0.3 is 0 Å². The largest absolute Gasteiger partial charge is 0.492 e. The van der Waals surface area contributed by atoms with Gasteiger partial charge in [0.15, 0.2) is 0 Å². The molecule has 34 heavy (non-hydrogen) atoms. The van der Waals surface area contributed by atoms with Crippen LogP contribution in [0.25, 0.3) is 0 Å². The summed E-state index contributed by atoms with van der Waals surface area (Å²) >= 11 is 5.93. The van der Waals surface area contributed by atoms with Crippen LogP contribution >= 0.6 is 11.6 Å². The highest BCUT2D eigenvalue weighted by Gasteiger charge is 2.24. The Balaban J connectivity index is 1.14. The molecule has 1 N–H and O–H groups in total. The molecule has 2 atom stereocenters. The molecule has 1 fully saturated rings. The first-order valence-electron chi connectivity index (χ1n) is 12.4. The van der Waals surface area contributed by atoms with Gasteiger partial charge in [0.1, 0.15) is 23.9 Å². The van der Waals surface area contributed by atoms with Crippen molar-refractivity contribution in [3.63, 3.8) is 0 Å². The summed E-state index contributed by atoms with van der Waals surface area (Å²) < 4.78 is 12.0. The van der Waals surface area contributed by atoms with Crippen LogP contribution in [0, 0.1) is 0 Å². The van der Waals surface area contributed by atoms with Gasteiger partial charge < -0.3 is 14.8 Å². The molecule has 5 heteroatoms. The number of nitrogens with one attached hydrogen (secondary N) is 1. The van der Waals surface area contributed by atoms with E-state index in [1.54, 1.807) is 0 Å². The summed E-state index contributed by atoms with van der Waals surface area (Å²) in [5.74, 6) is 2.44. The van der Waals surface area contributed by atoms with Crippen molar-refractivity contribution >= 4 is 11.6 Å². The maximum Gasteiger partial charge on any atom is 0.127 e. The second kappa shape index (κ2) is 12.8. The standard InChI is InChI=1S/C29H35ClN2O2/c1-23(24-8-3-2-4-9-24)31-19-5-6-20-32-21-7-10-26(32)22-33-27-15-17-29(18-16-27)34-28-13-11-25(30)12-14-28/h2-4,8-9,11-18,23,26,31H,5-7,10,19-22H2,1H3/t23-,26+/m1/s1. The van der Waals surface area contributed by atoms with Crippen LogP contribution < -0.4 is 14.8 Å². The third-order valence-electron chi connectivity index (χ3n) is 6.44. The van der Waals surface area contributed by atoms with E-state index in [1.165, 1.54) is 37.8 Å². The van der Waals surface area contributed by atoms with Gasteiger partial charge in [-0.25, -0.2) is 0 Å². The van der Waals surface area contributed by atoms with Gasteiger partial charge in [0, 0.05) is 17.1 Å². The number of likely N-dealkylation sites (tertiary alicyclic amines) is 1. The van der Waals surface area contributed by atoms with Gasteiger partial charge in [-0.1, -0.05) is 41.9 Å². The fraction of sp³-hybridized carbons (Fsp3) is 0.379. The smallest absolute Gasteiger partial charge is 0.127 e. The molecule has 4 nitrogen and oxygen atoms in total. The van der Waals surface area contributed by atoms with Crippen LogP contribution in [0.4, 0.5) is 0 Å². The predicted octanol–water partition coefficient (Wildman–Crippen LogP) is 7.11. The van der Waals surface area contributed by atoms with Crippen molar-refractivity contribution < 1.29 is 9.47 Å². The topological polar surface area (TPSA) is 33.7 Å². The van der Waals surface area contributed by atoms with E-state index < -0.39 is 0 Å². The fourth-order valence-corrected chi connectivity index (χ4v) is 4.56. The summed E-state index contributed by atoms with van der Waals surface area (Å²) in [7, 11) is 0. The van der Waals surface area contributed by atoms with E-state index in [1.807, 2.05) is 48.5 Å². The van der Waals surface area contributed by atoms with Crippen LogP contribution in [0.15, 0.2) is 78.9 Å². The number of benzene rings is 3. The quantitative estimate of drug-likeness (QED) is 0.281. The van der Waals surface area contributed by atoms with Crippen LogP contribution in [0.3, 0.4) is 0 Å². The minimum Gasteiger partial charge on any atom is -0.492 e. The minimum absolute atomic E-state index is 0.400. The van der Waals surface area contributed by atoms with Gasteiger partial charge in [-0.3, -0.25) is 4.90 Å². The molecule has 1 aliphatic rings. The Morgan fingerprint density at radius 3 is 2.32 bits per heavy atom. The lowest BCUT2D eigenvalue weighted by molar-refractivity contribution is 0.170. The molecule has 3 aromatic rings. The number of hydrogen-bond donors (Lipinski definition) is 1. The lowest BCUT2D eigenvalue weighted by Crippen LogP contribution is -2.35. The van der Waals surface area contributed by atoms with Crippen molar-refractivity contribution in [3.8, 4) is 17.2 Å². The molecule has 180 valence electrons. The Kier molecular flexibility index (Phi) is 9.26. The number of halogens is 1. The summed E-state index contributed by atoms with van der Waals surface area (Å²) in [4.78, 5) is 2.60. The lowest BCUT2D eigenvalue weighted by atomic mass is 10.1. The summed E-state index contributed by atoms with van der Waals surface area (Å²) in [5.41, 5.74) is 1.35. The molecular weight excluding hydrogens is 444 g/mol. The molecule has 0 unspecified atom stereocenters. The van der Waals surface area contributed by atoms with E-state index in [2.05, 4.69) is 47.5 Å². The predicted molar refractivity (Wildman–Crippen MR) is 140 cm³/mol. The van der Waals surface area contributed by atoms with Gasteiger partial charge in [0.2, 0.25) is 0 Å². The van der Waals surface area contributed by atoms with Crippen LogP contribution in [0.5, 0.6) is 17.2 Å². The number of rotatable bonds is 12. The third-order valence-corrected chi connectivity index (χ3v) is 6.69. The molecule has 0 bridgehead atoms. The monoisotopic (exact) mass is 478 g/mol. The Labute approximate surface area is 208 Å². The number of unbranched alkanes of at least 4 members (excludes halogenated alkanes) is 1. The first-order chi connectivity index (χ1) is 16.7. The van der Waals surface area contributed by atoms with E-state index in [9.17, 15) is 0 Å². The van der Waals surface area contributed by atoms with E-state index in [-0.39, 0.29) is 0 Å². The molecule has 0 amide bonds. The Morgan fingerprint density at radius 2 is 1.59 bits per heavy atom. The van der Waals surface area contributed by atoms with Gasteiger partial charge in [0.05, 0.1) is 0 Å². The Bertz CT molecular complexity index is 979. The van der Waals surface area contributed by atoms with Crippen molar-refractivity contribution in [3.05, 3.63) is 89.4 Å². The van der Waals surface area contributed by atoms with E-state index >= 15 is 0 Å². The van der Waals surface area contributed by atoms with Crippen molar-refractivity contribution in [2.24, 2.45) is 0 Å². The minimum atomic E-state index is 0.400. The lowest BCUT2D eigenvalue weighted by Gasteiger charge is -2.24. The number of nitrogens with zero attached hydrogens (tertiary/aromatic N) is 1. The molecule has 3 aromatic carbocycles. The van der Waals surface area contributed by atoms with Gasteiger partial charge in [-0.05, 0) is 106 Å². The Hall–Kier alpha value is -2.53. The van der Waals surface area contributed by atoms with Crippen molar-refractivity contribution in [2.45, 2.75) is 44.7 Å². The number of hydrogen-bond acceptors (Lipinski definition) is 4. The summed E-state index contributed by atoms with van der Waals surface area (Å²) in [6.45, 7) is 6.34. The third kappa shape index (κ3) is 7.49. The number of ether oxygens (including phenoxy) is 2. The molecule has 0 aliphatic carbocycles. The van der Waals surface area contributed by atoms with Gasteiger partial charge in [-0.2, -0.15) is 0 Å². The zero-order valence-electron chi connectivity index (χ0n) is 20.0. The zero-order chi connectivity index (χ0) is 23.6. The zero-order valence-corrected chi connectivity index (χ0v) is 20.7. The maximum absolute atomic E-state index is 6.12. The van der Waals surface area contributed by atoms with E-state index in [0.29, 0.717) is 17.1 Å². The van der Waals surface area contributed by atoms with Crippen molar-refractivity contribution in [1.82, 2.24) is 10.2 Å². The average molecular weight is 479 g/mol. The highest BCUT2D eigenvalue weighted by atomic mass is 35.5. The maximum atomic E-state index is 6.12. The molecular formula is C29H35ClN2O2. The second-order valence-electron chi connectivity index (χ2n) is 8.96. The summed E-state index contributed by atoms with van der Waals surface area (Å²) in [6.07, 6.45) is 4.87. The molecule has 0 aromatic heterocycles. The van der Waals surface area contributed by atoms with Gasteiger partial charge in [-0.15, -0.1) is 0 Å². The first kappa shape index (κ1) is 24.6. The van der Waals surface area contributed by atoms with E-state index in [0.717, 1.165) is 36.9 Å². The highest BCUT2D eigenvalue weighted by Crippen LogP contribution is 2.26. The molecule has 0 saturated carbocycles. The summed E-state index contributed by atoms with van der Waals surface area (Å²) in [5, 5.41) is 4.35. The fourth-order valence-electron chi connectivity index (χ4n) is 4.43. The molecule has 4 rings (SSSR count). The molecule has 1 aliphatic heterocycles. The molecule has 0 radical (unpaired) electrons. The SMILES string of the molecule is C[C@@H](NCCCCN1CCC[C@H]1COc1ccc(Oc2ccc(Cl)cc2)cc1)c1ccccc1. The summed E-state index contributed by atoms with van der Waals surface area (Å²) in [6, 6.07) is 26.8. The second-order valence-corrected chi connectivity index (χ2v) is 9.40. The van der Waals surface area contributed by atoms with Crippen LogP contribution in [-0.4, -0.2) is 37.2 Å². The Morgan fingerprint density at radius 1 is 0.912 bits per heavy atom. The molecule has 0 spiro atoms. The first-order valence-corrected chi connectivity index (χ1v) is 12.7. The van der Waals surface area contributed by atoms with Crippen molar-refractivity contribution in [2.75, 3.05) is 26.2 Å². The normalized spacial score (nSPS) is 16.9. The molecule has 1 heterocycles. The van der Waals surface area contributed by atoms with Crippen LogP contribution in [0.2, 0.25) is 5.02 Å². The van der Waals surface area contributed by atoms with Crippen molar-refractivity contribution in [1.29, 1.82) is 0 Å². The van der Waals surface area contributed by atoms with Crippen LogP contribution in [0.1, 0.15) is 44.2 Å². The van der Waals surface area contributed by atoms with Gasteiger partial charge in [0.25, 0.3) is 0 Å². The van der Waals surface area contributed by atoms with E-state index in [4.69, 9.17) is 21.1 Å². The average Bonchev–Trinajstić information content (AvgIpc) is 3.32. The van der Waals surface area contributed by atoms with Crippen LogP contribution in [-0.2, 0) is 0 Å².